The summed E-state index contributed by atoms with van der Waals surface area (Å²) in [4.78, 5) is 47.2. The van der Waals surface area contributed by atoms with Gasteiger partial charge in [-0.15, -0.1) is 0 Å². The summed E-state index contributed by atoms with van der Waals surface area (Å²) >= 11 is 0. The number of ether oxygens (including phenoxy) is 3. The Labute approximate surface area is 176 Å². The standard InChI is InChI=1S/C10H20N4O3.C7H14N2O4/c1-9(15)11-7-12-10(16)17-8-14-5-3-13(2)4-6-14;1-6(10)8-5-9-7(11)13-4-3-12-2/h3-8H2,1-2H3,(H,11,15)(H,12,16);3-5H2,1-2H3,(H,8,10)(H,9,11). The van der Waals surface area contributed by atoms with Crippen molar-refractivity contribution in [2.75, 3.05) is 73.6 Å². The van der Waals surface area contributed by atoms with Crippen molar-refractivity contribution in [1.82, 2.24) is 31.1 Å². The molecule has 0 unspecified atom stereocenters. The number of alkyl carbamates (subject to hydrolysis) is 2. The molecule has 0 aromatic rings. The van der Waals surface area contributed by atoms with Gasteiger partial charge in [-0.25, -0.2) is 9.59 Å². The molecule has 1 aliphatic rings. The van der Waals surface area contributed by atoms with Gasteiger partial charge in [0, 0.05) is 47.1 Å². The Morgan fingerprint density at radius 1 is 0.767 bits per heavy atom. The summed E-state index contributed by atoms with van der Waals surface area (Å²) in [5.41, 5.74) is 0. The largest absolute Gasteiger partial charge is 0.447 e. The Morgan fingerprint density at radius 3 is 1.73 bits per heavy atom. The Morgan fingerprint density at radius 2 is 1.27 bits per heavy atom. The molecular formula is C17H34N6O7. The van der Waals surface area contributed by atoms with E-state index in [0.717, 1.165) is 26.2 Å². The zero-order chi connectivity index (χ0) is 22.8. The van der Waals surface area contributed by atoms with Gasteiger partial charge in [0.2, 0.25) is 11.8 Å². The molecule has 13 heteroatoms. The molecule has 0 atom stereocenters. The minimum Gasteiger partial charge on any atom is -0.447 e. The van der Waals surface area contributed by atoms with Crippen LogP contribution >= 0.6 is 0 Å². The summed E-state index contributed by atoms with van der Waals surface area (Å²) in [7, 11) is 3.58. The van der Waals surface area contributed by atoms with Gasteiger partial charge in [0.15, 0.2) is 0 Å². The Kier molecular flexibility index (Phi) is 15.7. The van der Waals surface area contributed by atoms with E-state index < -0.39 is 12.2 Å². The van der Waals surface area contributed by atoms with Gasteiger partial charge in [-0.2, -0.15) is 0 Å². The zero-order valence-electron chi connectivity index (χ0n) is 18.1. The summed E-state index contributed by atoms with van der Waals surface area (Å²) in [6.45, 7) is 7.52. The van der Waals surface area contributed by atoms with Crippen LogP contribution in [0.5, 0.6) is 0 Å². The lowest BCUT2D eigenvalue weighted by atomic mass is 10.3. The van der Waals surface area contributed by atoms with Crippen LogP contribution in [0.1, 0.15) is 13.8 Å². The lowest BCUT2D eigenvalue weighted by Gasteiger charge is -2.31. The van der Waals surface area contributed by atoms with Crippen LogP contribution in [-0.2, 0) is 23.8 Å². The van der Waals surface area contributed by atoms with Crippen LogP contribution in [0, 0.1) is 0 Å². The normalized spacial score (nSPS) is 13.9. The maximum Gasteiger partial charge on any atom is 0.409 e. The van der Waals surface area contributed by atoms with Crippen molar-refractivity contribution in [1.29, 1.82) is 0 Å². The Balaban J connectivity index is 0.000000584. The summed E-state index contributed by atoms with van der Waals surface area (Å²) < 4.78 is 14.3. The van der Waals surface area contributed by atoms with Crippen LogP contribution in [0.25, 0.3) is 0 Å². The molecule has 30 heavy (non-hydrogen) atoms. The molecule has 4 N–H and O–H groups in total. The number of amides is 4. The summed E-state index contributed by atoms with van der Waals surface area (Å²) in [5, 5.41) is 9.59. The third-order valence-electron chi connectivity index (χ3n) is 3.63. The third kappa shape index (κ3) is 17.5. The van der Waals surface area contributed by atoms with Crippen molar-refractivity contribution in [3.63, 3.8) is 0 Å². The molecule has 0 aliphatic carbocycles. The number of piperazine rings is 1. The molecule has 0 spiro atoms. The van der Waals surface area contributed by atoms with Crippen molar-refractivity contribution < 1.29 is 33.4 Å². The van der Waals surface area contributed by atoms with E-state index in [9.17, 15) is 19.2 Å². The fourth-order valence-corrected chi connectivity index (χ4v) is 1.93. The van der Waals surface area contributed by atoms with Gasteiger partial charge < -0.3 is 40.4 Å². The van der Waals surface area contributed by atoms with Crippen LogP contribution in [-0.4, -0.2) is 107 Å². The van der Waals surface area contributed by atoms with Crippen molar-refractivity contribution in [2.45, 2.75) is 13.8 Å². The number of carbonyl (C=O) groups excluding carboxylic acids is 4. The second-order valence-electron chi connectivity index (χ2n) is 6.28. The lowest BCUT2D eigenvalue weighted by molar-refractivity contribution is -0.119. The van der Waals surface area contributed by atoms with Gasteiger partial charge in [-0.1, -0.05) is 0 Å². The summed E-state index contributed by atoms with van der Waals surface area (Å²) in [5.74, 6) is -0.401. The summed E-state index contributed by atoms with van der Waals surface area (Å²) in [6.07, 6.45) is -1.09. The van der Waals surface area contributed by atoms with Gasteiger partial charge in [0.05, 0.1) is 19.9 Å². The van der Waals surface area contributed by atoms with E-state index in [2.05, 4.69) is 47.6 Å². The minimum absolute atomic E-state index is 0.0706. The van der Waals surface area contributed by atoms with Crippen LogP contribution in [0.4, 0.5) is 9.59 Å². The number of nitrogens with zero attached hydrogens (tertiary/aromatic N) is 2. The average molecular weight is 434 g/mol. The number of likely N-dealkylation sites (N-methyl/N-ethyl adjacent to an activating group) is 1. The Bertz CT molecular complexity index is 527. The van der Waals surface area contributed by atoms with Gasteiger partial charge in [-0.05, 0) is 7.05 Å². The lowest BCUT2D eigenvalue weighted by Crippen LogP contribution is -2.46. The molecule has 13 nitrogen and oxygen atoms in total. The molecular weight excluding hydrogens is 400 g/mol. The highest BCUT2D eigenvalue weighted by atomic mass is 16.6. The average Bonchev–Trinajstić information content (AvgIpc) is 2.68. The number of methoxy groups -OCH3 is 1. The fourth-order valence-electron chi connectivity index (χ4n) is 1.93. The van der Waals surface area contributed by atoms with E-state index >= 15 is 0 Å². The van der Waals surface area contributed by atoms with Crippen LogP contribution in [0.3, 0.4) is 0 Å². The highest BCUT2D eigenvalue weighted by Crippen LogP contribution is 1.98. The van der Waals surface area contributed by atoms with Crippen molar-refractivity contribution in [3.05, 3.63) is 0 Å². The minimum atomic E-state index is -0.578. The SMILES string of the molecule is CC(=O)NCNC(=O)OCN1CCN(C)CC1.COCCOC(=O)NCNC(C)=O. The second kappa shape index (κ2) is 17.2. The molecule has 1 aliphatic heterocycles. The maximum absolute atomic E-state index is 11.2. The molecule has 174 valence electrons. The predicted molar refractivity (Wildman–Crippen MR) is 107 cm³/mol. The van der Waals surface area contributed by atoms with Crippen LogP contribution in [0.15, 0.2) is 0 Å². The number of rotatable bonds is 9. The van der Waals surface area contributed by atoms with E-state index in [4.69, 9.17) is 4.74 Å². The monoisotopic (exact) mass is 434 g/mol. The molecule has 4 amide bonds. The molecule has 1 heterocycles. The third-order valence-corrected chi connectivity index (χ3v) is 3.63. The van der Waals surface area contributed by atoms with Gasteiger partial charge in [0.1, 0.15) is 13.3 Å². The summed E-state index contributed by atoms with van der Waals surface area (Å²) in [6, 6.07) is 0. The highest BCUT2D eigenvalue weighted by Gasteiger charge is 2.14. The van der Waals surface area contributed by atoms with Crippen molar-refractivity contribution in [2.24, 2.45) is 0 Å². The first-order valence-electron chi connectivity index (χ1n) is 9.44. The number of carbonyl (C=O) groups is 4. The van der Waals surface area contributed by atoms with Crippen LogP contribution in [0.2, 0.25) is 0 Å². The van der Waals surface area contributed by atoms with E-state index in [1.54, 1.807) is 0 Å². The van der Waals surface area contributed by atoms with E-state index in [-0.39, 0.29) is 31.8 Å². The van der Waals surface area contributed by atoms with E-state index in [1.165, 1.54) is 21.0 Å². The molecule has 0 radical (unpaired) electrons. The molecule has 0 aromatic heterocycles. The number of nitrogens with one attached hydrogen (secondary N) is 4. The first-order chi connectivity index (χ1) is 14.2. The molecule has 0 saturated carbocycles. The Hall–Kier alpha value is -2.64. The molecule has 0 aromatic carbocycles. The van der Waals surface area contributed by atoms with Crippen LogP contribution < -0.4 is 21.3 Å². The van der Waals surface area contributed by atoms with Gasteiger partial charge >= 0.3 is 12.2 Å². The highest BCUT2D eigenvalue weighted by molar-refractivity contribution is 5.74. The molecule has 1 fully saturated rings. The van der Waals surface area contributed by atoms with Crippen molar-refractivity contribution >= 4 is 24.0 Å². The quantitative estimate of drug-likeness (QED) is 0.250. The van der Waals surface area contributed by atoms with E-state index in [1.807, 2.05) is 0 Å². The van der Waals surface area contributed by atoms with Gasteiger partial charge in [-0.3, -0.25) is 14.5 Å². The topological polar surface area (TPSA) is 151 Å². The van der Waals surface area contributed by atoms with Gasteiger partial charge in [0.25, 0.3) is 0 Å². The molecule has 1 rings (SSSR count). The first-order valence-corrected chi connectivity index (χ1v) is 9.44. The zero-order valence-corrected chi connectivity index (χ0v) is 18.1. The first kappa shape index (κ1) is 27.4. The predicted octanol–water partition coefficient (Wildman–Crippen LogP) is -1.54. The second-order valence-corrected chi connectivity index (χ2v) is 6.28. The molecule has 1 saturated heterocycles. The van der Waals surface area contributed by atoms with Crippen molar-refractivity contribution in [3.8, 4) is 0 Å². The number of hydrogen-bond donors (Lipinski definition) is 4. The maximum atomic E-state index is 11.2. The fraction of sp³-hybridized carbons (Fsp3) is 0.765. The van der Waals surface area contributed by atoms with E-state index in [0.29, 0.717) is 13.3 Å². The smallest absolute Gasteiger partial charge is 0.409 e. The molecule has 0 bridgehead atoms. The number of hydrogen-bond acceptors (Lipinski definition) is 9.